The number of aliphatic hydroxyl groups is 2. The summed E-state index contributed by atoms with van der Waals surface area (Å²) in [6, 6.07) is 7.29. The van der Waals surface area contributed by atoms with Gasteiger partial charge in [0.15, 0.2) is 12.2 Å². The maximum Gasteiger partial charge on any atom is 0.335 e. The van der Waals surface area contributed by atoms with Crippen molar-refractivity contribution in [2.75, 3.05) is 13.7 Å². The van der Waals surface area contributed by atoms with Crippen LogP contribution < -0.4 is 5.32 Å². The predicted molar refractivity (Wildman–Crippen MR) is 110 cm³/mol. The fourth-order valence-corrected chi connectivity index (χ4v) is 4.26. The average molecular weight is 468 g/mol. The second kappa shape index (κ2) is 11.8. The Bertz CT molecular complexity index is 716. The molecular weight excluding hydrogens is 441 g/mol. The lowest BCUT2D eigenvalue weighted by Crippen LogP contribution is -2.46. The highest BCUT2D eigenvalue weighted by Gasteiger charge is 2.42. The quantitative estimate of drug-likeness (QED) is 0.411. The summed E-state index contributed by atoms with van der Waals surface area (Å²) in [5, 5.41) is 37.5. The van der Waals surface area contributed by atoms with Crippen LogP contribution in [0.2, 0.25) is 10.0 Å². The molecule has 1 aromatic carbocycles. The predicted octanol–water partition coefficient (Wildman–Crippen LogP) is 0.917. The topological polar surface area (TPSA) is 168 Å². The Morgan fingerprint density at radius 1 is 1.13 bits per heavy atom. The van der Waals surface area contributed by atoms with Crippen molar-refractivity contribution in [3.8, 4) is 0 Å². The molecule has 6 atom stereocenters. The standard InChI is InChI=1S/C15H19Cl2NO.C4H6O6.H2O/c1-19-8-12-11(7-10-3-5-15(12)18-10)9-2-4-13(16)14(17)6-9;5-1(3(7)8)2(6)4(9)10;/h2,4,6,10-12,15,18H,3,5,7-8H2,1H3;1-2,5-6H,(H,7,8)(H,9,10);1H2/t10-,11+,12+,15+;1-,2-;/m01./s1. The lowest BCUT2D eigenvalue weighted by atomic mass is 9.77. The summed E-state index contributed by atoms with van der Waals surface area (Å²) in [6.07, 6.45) is -0.822. The Morgan fingerprint density at radius 2 is 1.73 bits per heavy atom. The van der Waals surface area contributed by atoms with Gasteiger partial charge in [0.2, 0.25) is 0 Å². The summed E-state index contributed by atoms with van der Waals surface area (Å²) in [7, 11) is 1.78. The van der Waals surface area contributed by atoms with Gasteiger partial charge in [-0.25, -0.2) is 9.59 Å². The van der Waals surface area contributed by atoms with Crippen molar-refractivity contribution >= 4 is 35.1 Å². The number of aliphatic hydroxyl groups excluding tert-OH is 2. The van der Waals surface area contributed by atoms with Gasteiger partial charge >= 0.3 is 11.9 Å². The zero-order valence-electron chi connectivity index (χ0n) is 16.3. The number of hydrogen-bond acceptors (Lipinski definition) is 6. The van der Waals surface area contributed by atoms with Crippen molar-refractivity contribution in [2.24, 2.45) is 5.92 Å². The van der Waals surface area contributed by atoms with Crippen LogP contribution in [0.1, 0.15) is 30.7 Å². The van der Waals surface area contributed by atoms with Gasteiger partial charge < -0.3 is 36.0 Å². The summed E-state index contributed by atoms with van der Waals surface area (Å²) < 4.78 is 5.44. The summed E-state index contributed by atoms with van der Waals surface area (Å²) in [6.45, 7) is 0.801. The van der Waals surface area contributed by atoms with E-state index in [1.807, 2.05) is 12.1 Å². The normalized spacial score (nSPS) is 26.6. The van der Waals surface area contributed by atoms with E-state index in [0.717, 1.165) is 6.61 Å². The van der Waals surface area contributed by atoms with Crippen molar-refractivity contribution < 1.29 is 40.2 Å². The van der Waals surface area contributed by atoms with Crippen molar-refractivity contribution in [3.05, 3.63) is 33.8 Å². The number of rotatable bonds is 6. The monoisotopic (exact) mass is 467 g/mol. The van der Waals surface area contributed by atoms with Crippen LogP contribution in [0.5, 0.6) is 0 Å². The number of benzene rings is 1. The largest absolute Gasteiger partial charge is 0.479 e. The molecule has 9 nitrogen and oxygen atoms in total. The summed E-state index contributed by atoms with van der Waals surface area (Å²) in [5.74, 6) is -2.49. The minimum absolute atomic E-state index is 0. The fraction of sp³-hybridized carbons (Fsp3) is 0.579. The Balaban J connectivity index is 0.000000354. The lowest BCUT2D eigenvalue weighted by Gasteiger charge is -2.37. The van der Waals surface area contributed by atoms with E-state index >= 15 is 0 Å². The third-order valence-corrected chi connectivity index (χ3v) is 6.12. The number of carboxylic acid groups (broad SMARTS) is 2. The molecule has 0 amide bonds. The Kier molecular flexibility index (Phi) is 10.5. The van der Waals surface area contributed by atoms with Gasteiger partial charge in [0.25, 0.3) is 0 Å². The molecule has 0 aliphatic carbocycles. The molecule has 0 saturated carbocycles. The fourth-order valence-electron chi connectivity index (χ4n) is 3.96. The number of hydrogen-bond donors (Lipinski definition) is 5. The number of carbonyl (C=O) groups is 2. The SMILES string of the molecule is COC[C@@H]1[C@@H](c2ccc(Cl)c(Cl)c2)C[C@@H]2CC[C@H]1N2.O.O=C(O)[C@H](O)[C@@H](O)C(=O)O. The number of carboxylic acids is 2. The first kappa shape index (κ1) is 26.6. The molecule has 1 aromatic rings. The average Bonchev–Trinajstić information content (AvgIpc) is 3.07. The zero-order valence-corrected chi connectivity index (χ0v) is 17.8. The van der Waals surface area contributed by atoms with Crippen LogP contribution >= 0.6 is 23.2 Å². The first-order valence-electron chi connectivity index (χ1n) is 9.17. The van der Waals surface area contributed by atoms with Crippen LogP contribution in [0.4, 0.5) is 0 Å². The highest BCUT2D eigenvalue weighted by atomic mass is 35.5. The molecule has 0 radical (unpaired) electrons. The number of aliphatic carboxylic acids is 2. The number of nitrogens with one attached hydrogen (secondary N) is 1. The summed E-state index contributed by atoms with van der Waals surface area (Å²) in [4.78, 5) is 19.5. The molecule has 0 unspecified atom stereocenters. The third kappa shape index (κ3) is 6.52. The molecule has 11 heteroatoms. The number of piperidine rings is 1. The second-order valence-electron chi connectivity index (χ2n) is 7.25. The number of methoxy groups -OCH3 is 1. The van der Waals surface area contributed by atoms with Crippen LogP contribution in [-0.4, -0.2) is 75.8 Å². The minimum Gasteiger partial charge on any atom is -0.479 e. The molecule has 170 valence electrons. The van der Waals surface area contributed by atoms with E-state index in [4.69, 9.17) is 48.4 Å². The molecule has 2 heterocycles. The first-order valence-corrected chi connectivity index (χ1v) is 9.93. The minimum atomic E-state index is -2.27. The molecule has 7 N–H and O–H groups in total. The second-order valence-corrected chi connectivity index (χ2v) is 8.06. The van der Waals surface area contributed by atoms with Crippen molar-refractivity contribution in [1.29, 1.82) is 0 Å². The van der Waals surface area contributed by atoms with E-state index in [9.17, 15) is 9.59 Å². The van der Waals surface area contributed by atoms with E-state index in [0.29, 0.717) is 34.0 Å². The lowest BCUT2D eigenvalue weighted by molar-refractivity contribution is -0.165. The number of ether oxygens (including phenoxy) is 1. The summed E-state index contributed by atoms with van der Waals surface area (Å²) >= 11 is 12.2. The molecule has 3 rings (SSSR count). The molecule has 0 aromatic heterocycles. The highest BCUT2D eigenvalue weighted by Crippen LogP contribution is 2.42. The molecule has 2 aliphatic heterocycles. The maximum absolute atomic E-state index is 9.77. The highest BCUT2D eigenvalue weighted by molar-refractivity contribution is 6.42. The van der Waals surface area contributed by atoms with Gasteiger partial charge in [-0.3, -0.25) is 0 Å². The van der Waals surface area contributed by atoms with E-state index in [1.165, 1.54) is 24.8 Å². The summed E-state index contributed by atoms with van der Waals surface area (Å²) in [5.41, 5.74) is 1.30. The van der Waals surface area contributed by atoms with E-state index in [1.54, 1.807) is 7.11 Å². The third-order valence-electron chi connectivity index (χ3n) is 5.38. The van der Waals surface area contributed by atoms with Crippen molar-refractivity contribution in [1.82, 2.24) is 5.32 Å². The van der Waals surface area contributed by atoms with E-state index < -0.39 is 24.1 Å². The van der Waals surface area contributed by atoms with Gasteiger partial charge in [0.1, 0.15) is 0 Å². The molecule has 30 heavy (non-hydrogen) atoms. The van der Waals surface area contributed by atoms with Gasteiger partial charge in [-0.15, -0.1) is 0 Å². The maximum atomic E-state index is 9.77. The van der Waals surface area contributed by atoms with Crippen LogP contribution in [0.3, 0.4) is 0 Å². The molecule has 2 bridgehead atoms. The van der Waals surface area contributed by atoms with Gasteiger partial charge in [0, 0.05) is 25.1 Å². The van der Waals surface area contributed by atoms with Gasteiger partial charge in [0.05, 0.1) is 16.7 Å². The van der Waals surface area contributed by atoms with Gasteiger partial charge in [-0.1, -0.05) is 29.3 Å². The molecule has 0 spiro atoms. The van der Waals surface area contributed by atoms with Crippen LogP contribution in [0.25, 0.3) is 0 Å². The molecule has 2 fully saturated rings. The van der Waals surface area contributed by atoms with Crippen LogP contribution in [-0.2, 0) is 14.3 Å². The number of halogens is 2. The van der Waals surface area contributed by atoms with Crippen molar-refractivity contribution in [2.45, 2.75) is 49.5 Å². The van der Waals surface area contributed by atoms with E-state index in [-0.39, 0.29) is 5.48 Å². The van der Waals surface area contributed by atoms with Crippen molar-refractivity contribution in [3.63, 3.8) is 0 Å². The van der Waals surface area contributed by atoms with Crippen LogP contribution in [0, 0.1) is 5.92 Å². The Hall–Kier alpha value is -1.46. The van der Waals surface area contributed by atoms with Gasteiger partial charge in [-0.2, -0.15) is 0 Å². The molecule has 2 saturated heterocycles. The number of fused-ring (bicyclic) bond motifs is 2. The Labute approximate surface area is 183 Å². The smallest absolute Gasteiger partial charge is 0.335 e. The first-order chi connectivity index (χ1) is 13.6. The zero-order chi connectivity index (χ0) is 21.7. The van der Waals surface area contributed by atoms with E-state index in [2.05, 4.69) is 11.4 Å². The van der Waals surface area contributed by atoms with Crippen LogP contribution in [0.15, 0.2) is 18.2 Å². The molecular formula is C19H27Cl2NO8. The Morgan fingerprint density at radius 3 is 2.23 bits per heavy atom. The van der Waals surface area contributed by atoms with Gasteiger partial charge in [-0.05, 0) is 42.9 Å². The molecule has 2 aliphatic rings.